The summed E-state index contributed by atoms with van der Waals surface area (Å²) in [5, 5.41) is 0.798. The average molecular weight is 275 g/mol. The van der Waals surface area contributed by atoms with Crippen LogP contribution in [-0.4, -0.2) is 24.6 Å². The third kappa shape index (κ3) is 2.57. The molecule has 2 unspecified atom stereocenters. The first kappa shape index (κ1) is 12.7. The lowest BCUT2D eigenvalue weighted by molar-refractivity contribution is -0.154. The minimum Gasteiger partial charge on any atom is -0.485 e. The zero-order chi connectivity index (χ0) is 12.4. The molecule has 0 bridgehead atoms. The number of hydrogen-bond acceptors (Lipinski definition) is 3. The van der Waals surface area contributed by atoms with Crippen molar-refractivity contribution in [2.45, 2.75) is 25.6 Å². The van der Waals surface area contributed by atoms with Crippen molar-refractivity contribution >= 4 is 29.0 Å². The maximum Gasteiger partial charge on any atom is 0.169 e. The summed E-state index contributed by atoms with van der Waals surface area (Å²) in [6.45, 7) is 2.33. The summed E-state index contributed by atoms with van der Waals surface area (Å²) < 4.78 is 10.9. The van der Waals surface area contributed by atoms with E-state index in [4.69, 9.17) is 32.7 Å². The molecule has 17 heavy (non-hydrogen) atoms. The topological polar surface area (TPSA) is 35.5 Å². The van der Waals surface area contributed by atoms with E-state index < -0.39 is 6.10 Å². The Morgan fingerprint density at radius 1 is 1.41 bits per heavy atom. The molecule has 5 heteroatoms. The highest BCUT2D eigenvalue weighted by Crippen LogP contribution is 2.34. The van der Waals surface area contributed by atoms with Crippen LogP contribution in [0, 0.1) is 0 Å². The number of Topliss-reactive ketones (excluding diaryl/α,β-unsaturated/α-hetero) is 1. The molecule has 0 aromatic heterocycles. The number of carbonyl (C=O) groups is 1. The minimum atomic E-state index is -0.477. The Morgan fingerprint density at radius 3 is 2.82 bits per heavy atom. The summed E-state index contributed by atoms with van der Waals surface area (Å²) in [7, 11) is 0. The van der Waals surface area contributed by atoms with Gasteiger partial charge in [0, 0.05) is 13.0 Å². The SMILES string of the molecule is CCOC1C(=O)CC1Oc1cccc(Cl)c1Cl. The molecule has 1 saturated carbocycles. The Labute approximate surface area is 110 Å². The molecule has 1 aliphatic rings. The average Bonchev–Trinajstić information content (AvgIpc) is 2.31. The van der Waals surface area contributed by atoms with Crippen LogP contribution in [0.15, 0.2) is 18.2 Å². The lowest BCUT2D eigenvalue weighted by atomic mass is 9.90. The van der Waals surface area contributed by atoms with Crippen molar-refractivity contribution in [3.05, 3.63) is 28.2 Å². The first-order valence-electron chi connectivity index (χ1n) is 5.38. The van der Waals surface area contributed by atoms with Crippen molar-refractivity contribution in [2.75, 3.05) is 6.61 Å². The summed E-state index contributed by atoms with van der Waals surface area (Å²) >= 11 is 11.9. The summed E-state index contributed by atoms with van der Waals surface area (Å²) in [5.74, 6) is 0.552. The van der Waals surface area contributed by atoms with Crippen LogP contribution in [0.25, 0.3) is 0 Å². The number of halogens is 2. The van der Waals surface area contributed by atoms with Gasteiger partial charge >= 0.3 is 0 Å². The van der Waals surface area contributed by atoms with Crippen LogP contribution < -0.4 is 4.74 Å². The first-order chi connectivity index (χ1) is 8.13. The summed E-state index contributed by atoms with van der Waals surface area (Å²) in [6, 6.07) is 5.16. The Bertz CT molecular complexity index is 434. The highest BCUT2D eigenvalue weighted by Gasteiger charge is 2.42. The summed E-state index contributed by atoms with van der Waals surface area (Å²) in [4.78, 5) is 11.3. The van der Waals surface area contributed by atoms with Gasteiger partial charge in [-0.3, -0.25) is 4.79 Å². The molecule has 1 aromatic rings. The van der Waals surface area contributed by atoms with Crippen molar-refractivity contribution in [1.29, 1.82) is 0 Å². The first-order valence-corrected chi connectivity index (χ1v) is 6.14. The number of ether oxygens (including phenoxy) is 2. The van der Waals surface area contributed by atoms with Gasteiger partial charge in [0.25, 0.3) is 0 Å². The van der Waals surface area contributed by atoms with Gasteiger partial charge in [0.05, 0.1) is 5.02 Å². The Hall–Kier alpha value is -0.770. The Morgan fingerprint density at radius 2 is 2.18 bits per heavy atom. The van der Waals surface area contributed by atoms with E-state index in [1.165, 1.54) is 0 Å². The monoisotopic (exact) mass is 274 g/mol. The van der Waals surface area contributed by atoms with Gasteiger partial charge < -0.3 is 9.47 Å². The fourth-order valence-electron chi connectivity index (χ4n) is 1.69. The van der Waals surface area contributed by atoms with Crippen LogP contribution >= 0.6 is 23.2 Å². The molecule has 2 atom stereocenters. The van der Waals surface area contributed by atoms with E-state index in [0.717, 1.165) is 0 Å². The van der Waals surface area contributed by atoms with Crippen LogP contribution in [0.5, 0.6) is 5.75 Å². The minimum absolute atomic E-state index is 0.0648. The molecule has 0 radical (unpaired) electrons. The number of carbonyl (C=O) groups excluding carboxylic acids is 1. The van der Waals surface area contributed by atoms with Gasteiger partial charge in [-0.2, -0.15) is 0 Å². The molecule has 0 N–H and O–H groups in total. The van der Waals surface area contributed by atoms with Crippen LogP contribution in [0.4, 0.5) is 0 Å². The largest absolute Gasteiger partial charge is 0.485 e. The highest BCUT2D eigenvalue weighted by molar-refractivity contribution is 6.42. The second kappa shape index (κ2) is 5.25. The van der Waals surface area contributed by atoms with Gasteiger partial charge in [-0.05, 0) is 19.1 Å². The standard InChI is InChI=1S/C12H12Cl2O3/c1-2-16-12-8(15)6-10(12)17-9-5-3-4-7(13)11(9)14/h3-5,10,12H,2,6H2,1H3. The smallest absolute Gasteiger partial charge is 0.169 e. The molecule has 0 spiro atoms. The number of hydrogen-bond donors (Lipinski definition) is 0. The predicted molar refractivity (Wildman–Crippen MR) is 65.9 cm³/mol. The molecular weight excluding hydrogens is 263 g/mol. The number of benzene rings is 1. The van der Waals surface area contributed by atoms with Gasteiger partial charge in [0.1, 0.15) is 16.9 Å². The van der Waals surface area contributed by atoms with E-state index in [2.05, 4.69) is 0 Å². The third-order valence-electron chi connectivity index (χ3n) is 2.60. The fourth-order valence-corrected chi connectivity index (χ4v) is 2.03. The second-order valence-corrected chi connectivity index (χ2v) is 4.54. The Balaban J connectivity index is 2.06. The van der Waals surface area contributed by atoms with Gasteiger partial charge in [-0.15, -0.1) is 0 Å². The molecule has 1 fully saturated rings. The highest BCUT2D eigenvalue weighted by atomic mass is 35.5. The van der Waals surface area contributed by atoms with E-state index in [9.17, 15) is 4.79 Å². The van der Waals surface area contributed by atoms with Gasteiger partial charge in [-0.25, -0.2) is 0 Å². The number of rotatable bonds is 4. The molecule has 3 nitrogen and oxygen atoms in total. The lowest BCUT2D eigenvalue weighted by Crippen LogP contribution is -2.52. The van der Waals surface area contributed by atoms with Crippen LogP contribution in [0.1, 0.15) is 13.3 Å². The maximum absolute atomic E-state index is 11.3. The molecule has 2 rings (SSSR count). The van der Waals surface area contributed by atoms with Crippen molar-refractivity contribution in [3.63, 3.8) is 0 Å². The second-order valence-electron chi connectivity index (χ2n) is 3.75. The molecular formula is C12H12Cl2O3. The van der Waals surface area contributed by atoms with Crippen molar-refractivity contribution in [1.82, 2.24) is 0 Å². The van der Waals surface area contributed by atoms with Gasteiger partial charge in [-0.1, -0.05) is 29.3 Å². The molecule has 1 aromatic carbocycles. The molecule has 0 amide bonds. The van der Waals surface area contributed by atoms with E-state index >= 15 is 0 Å². The normalized spacial score (nSPS) is 23.4. The molecule has 0 aliphatic heterocycles. The molecule has 92 valence electrons. The molecule has 0 saturated heterocycles. The van der Waals surface area contributed by atoms with Crippen molar-refractivity contribution < 1.29 is 14.3 Å². The molecule has 1 aliphatic carbocycles. The van der Waals surface area contributed by atoms with E-state index in [1.807, 2.05) is 6.92 Å². The number of ketones is 1. The summed E-state index contributed by atoms with van der Waals surface area (Å²) in [6.07, 6.45) is -0.387. The van der Waals surface area contributed by atoms with E-state index in [1.54, 1.807) is 18.2 Å². The van der Waals surface area contributed by atoms with E-state index in [-0.39, 0.29) is 11.9 Å². The maximum atomic E-state index is 11.3. The lowest BCUT2D eigenvalue weighted by Gasteiger charge is -2.34. The third-order valence-corrected chi connectivity index (χ3v) is 3.40. The zero-order valence-electron chi connectivity index (χ0n) is 9.28. The van der Waals surface area contributed by atoms with Crippen molar-refractivity contribution in [3.8, 4) is 5.75 Å². The van der Waals surface area contributed by atoms with Gasteiger partial charge in [0.2, 0.25) is 0 Å². The zero-order valence-corrected chi connectivity index (χ0v) is 10.8. The van der Waals surface area contributed by atoms with Gasteiger partial charge in [0.15, 0.2) is 11.9 Å². The van der Waals surface area contributed by atoms with Crippen LogP contribution in [0.2, 0.25) is 10.0 Å². The van der Waals surface area contributed by atoms with Crippen LogP contribution in [0.3, 0.4) is 0 Å². The van der Waals surface area contributed by atoms with Crippen LogP contribution in [-0.2, 0) is 9.53 Å². The predicted octanol–water partition coefficient (Wildman–Crippen LogP) is 3.12. The van der Waals surface area contributed by atoms with E-state index in [0.29, 0.717) is 28.8 Å². The quantitative estimate of drug-likeness (QED) is 0.846. The molecule has 0 heterocycles. The van der Waals surface area contributed by atoms with Crippen molar-refractivity contribution in [2.24, 2.45) is 0 Å². The Kier molecular flexibility index (Phi) is 3.92. The summed E-state index contributed by atoms with van der Waals surface area (Å²) in [5.41, 5.74) is 0. The fraction of sp³-hybridized carbons (Fsp3) is 0.417.